The first-order valence-corrected chi connectivity index (χ1v) is 9.56. The van der Waals surface area contributed by atoms with Crippen molar-refractivity contribution in [3.05, 3.63) is 53.8 Å². The molecule has 2 aromatic carbocycles. The minimum Gasteiger partial charge on any atom is -0.488 e. The van der Waals surface area contributed by atoms with Crippen LogP contribution in [0.3, 0.4) is 0 Å². The second-order valence-electron chi connectivity index (χ2n) is 7.16. The van der Waals surface area contributed by atoms with Crippen LogP contribution in [0.5, 0.6) is 17.2 Å². The van der Waals surface area contributed by atoms with Gasteiger partial charge in [0.25, 0.3) is 0 Å². The molecule has 150 valence electrons. The largest absolute Gasteiger partial charge is 0.488 e. The number of aliphatic hydroxyl groups excluding tert-OH is 1. The Hall–Kier alpha value is -2.35. The molecule has 6 nitrogen and oxygen atoms in total. The van der Waals surface area contributed by atoms with Crippen LogP contribution < -0.4 is 14.2 Å². The minimum absolute atomic E-state index is 0.0817. The second kappa shape index (κ2) is 8.77. The van der Waals surface area contributed by atoms with Crippen molar-refractivity contribution < 1.29 is 23.7 Å². The van der Waals surface area contributed by atoms with Crippen LogP contribution >= 0.6 is 0 Å². The smallest absolute Gasteiger partial charge is 0.231 e. The molecule has 0 saturated carbocycles. The molecule has 0 spiro atoms. The van der Waals surface area contributed by atoms with E-state index in [1.807, 2.05) is 12.1 Å². The molecular weight excluding hydrogens is 363 g/mol. The van der Waals surface area contributed by atoms with Crippen molar-refractivity contribution in [2.75, 3.05) is 46.1 Å². The average molecular weight is 388 g/mol. The molecule has 0 aromatic heterocycles. The number of benzene rings is 2. The molecule has 2 heterocycles. The van der Waals surface area contributed by atoms with Crippen molar-refractivity contribution in [3.8, 4) is 17.2 Å². The number of aliphatic hydroxyl groups is 1. The maximum Gasteiger partial charge on any atom is 0.231 e. The molecule has 0 amide bonds. The summed E-state index contributed by atoms with van der Waals surface area (Å²) in [6.07, 6.45) is -0.653. The highest BCUT2D eigenvalue weighted by Gasteiger charge is 2.21. The van der Waals surface area contributed by atoms with Gasteiger partial charge in [-0.3, -0.25) is 9.80 Å². The van der Waals surface area contributed by atoms with Crippen molar-refractivity contribution in [2.24, 2.45) is 0 Å². The number of rotatable bonds is 7. The van der Waals surface area contributed by atoms with E-state index in [0.717, 1.165) is 44.2 Å². The predicted octanol–water partition coefficient (Wildman–Crippen LogP) is 2.11. The lowest BCUT2D eigenvalue weighted by molar-refractivity contribution is 0.0437. The van der Waals surface area contributed by atoms with E-state index >= 15 is 0 Å². The van der Waals surface area contributed by atoms with Gasteiger partial charge in [0.15, 0.2) is 23.1 Å². The van der Waals surface area contributed by atoms with Crippen LogP contribution in [-0.2, 0) is 6.54 Å². The van der Waals surface area contributed by atoms with Crippen molar-refractivity contribution in [1.29, 1.82) is 0 Å². The Bertz CT molecular complexity index is 796. The third-order valence-corrected chi connectivity index (χ3v) is 5.04. The molecule has 4 rings (SSSR count). The van der Waals surface area contributed by atoms with Crippen LogP contribution in [0.1, 0.15) is 5.56 Å². The summed E-state index contributed by atoms with van der Waals surface area (Å²) in [5, 5.41) is 10.2. The van der Waals surface area contributed by atoms with E-state index in [1.54, 1.807) is 18.2 Å². The lowest BCUT2D eigenvalue weighted by Crippen LogP contribution is -2.48. The molecule has 2 aliphatic rings. The van der Waals surface area contributed by atoms with E-state index in [1.165, 1.54) is 11.6 Å². The molecule has 2 aliphatic heterocycles. The molecular formula is C21H25FN2O4. The van der Waals surface area contributed by atoms with E-state index in [-0.39, 0.29) is 12.4 Å². The van der Waals surface area contributed by atoms with E-state index in [9.17, 15) is 9.50 Å². The van der Waals surface area contributed by atoms with Gasteiger partial charge in [-0.05, 0) is 29.8 Å². The maximum absolute atomic E-state index is 13.6. The summed E-state index contributed by atoms with van der Waals surface area (Å²) in [5.41, 5.74) is 1.20. The molecule has 28 heavy (non-hydrogen) atoms. The van der Waals surface area contributed by atoms with Gasteiger partial charge in [-0.15, -0.1) is 0 Å². The Morgan fingerprint density at radius 1 is 1.00 bits per heavy atom. The molecule has 0 bridgehead atoms. The highest BCUT2D eigenvalue weighted by molar-refractivity contribution is 5.44. The fraction of sp³-hybridized carbons (Fsp3) is 0.429. The molecule has 0 radical (unpaired) electrons. The Balaban J connectivity index is 1.19. The third-order valence-electron chi connectivity index (χ3n) is 5.04. The summed E-state index contributed by atoms with van der Waals surface area (Å²) in [6.45, 7) is 5.36. The fourth-order valence-electron chi connectivity index (χ4n) is 3.53. The average Bonchev–Trinajstić information content (AvgIpc) is 3.17. The van der Waals surface area contributed by atoms with Gasteiger partial charge >= 0.3 is 0 Å². The summed E-state index contributed by atoms with van der Waals surface area (Å²) in [5.74, 6) is 1.39. The number of nitrogens with zero attached hydrogens (tertiary/aromatic N) is 2. The van der Waals surface area contributed by atoms with E-state index in [0.29, 0.717) is 13.3 Å². The normalized spacial score (nSPS) is 18.2. The van der Waals surface area contributed by atoms with Crippen LogP contribution in [0.2, 0.25) is 0 Å². The first-order chi connectivity index (χ1) is 13.7. The zero-order valence-corrected chi connectivity index (χ0v) is 15.7. The number of halogens is 1. The zero-order chi connectivity index (χ0) is 19.3. The van der Waals surface area contributed by atoms with E-state index in [2.05, 4.69) is 15.9 Å². The zero-order valence-electron chi connectivity index (χ0n) is 15.7. The molecule has 2 aromatic rings. The molecule has 1 N–H and O–H groups in total. The Morgan fingerprint density at radius 2 is 1.75 bits per heavy atom. The van der Waals surface area contributed by atoms with Crippen LogP contribution in [0, 0.1) is 5.82 Å². The molecule has 0 unspecified atom stereocenters. The number of piperazine rings is 1. The number of hydrogen-bond donors (Lipinski definition) is 1. The predicted molar refractivity (Wildman–Crippen MR) is 102 cm³/mol. The molecule has 1 fully saturated rings. The molecule has 1 saturated heterocycles. The second-order valence-corrected chi connectivity index (χ2v) is 7.16. The van der Waals surface area contributed by atoms with Gasteiger partial charge in [-0.25, -0.2) is 4.39 Å². The Morgan fingerprint density at radius 3 is 2.57 bits per heavy atom. The van der Waals surface area contributed by atoms with Crippen LogP contribution in [0.15, 0.2) is 42.5 Å². The molecule has 1 atom stereocenters. The van der Waals surface area contributed by atoms with E-state index in [4.69, 9.17) is 14.2 Å². The number of ether oxygens (including phenoxy) is 3. The summed E-state index contributed by atoms with van der Waals surface area (Å²) in [7, 11) is 0. The lowest BCUT2D eigenvalue weighted by atomic mass is 10.1. The van der Waals surface area contributed by atoms with Gasteiger partial charge in [0, 0.05) is 39.3 Å². The summed E-state index contributed by atoms with van der Waals surface area (Å²) in [6, 6.07) is 12.3. The first kappa shape index (κ1) is 19.0. The van der Waals surface area contributed by atoms with Crippen LogP contribution in [0.4, 0.5) is 4.39 Å². The van der Waals surface area contributed by atoms with Crippen molar-refractivity contribution >= 4 is 0 Å². The summed E-state index contributed by atoms with van der Waals surface area (Å²) < 4.78 is 29.7. The summed E-state index contributed by atoms with van der Waals surface area (Å²) >= 11 is 0. The highest BCUT2D eigenvalue weighted by Crippen LogP contribution is 2.32. The van der Waals surface area contributed by atoms with Gasteiger partial charge in [-0.1, -0.05) is 18.2 Å². The fourth-order valence-corrected chi connectivity index (χ4v) is 3.53. The van der Waals surface area contributed by atoms with Crippen LogP contribution in [-0.4, -0.2) is 67.1 Å². The highest BCUT2D eigenvalue weighted by atomic mass is 19.1. The SMILES string of the molecule is O[C@H](COc1ccccc1F)CN1CCN(Cc2ccc3c(c2)OCO3)CC1. The van der Waals surface area contributed by atoms with Gasteiger partial charge in [0.1, 0.15) is 12.7 Å². The van der Waals surface area contributed by atoms with E-state index < -0.39 is 11.9 Å². The topological polar surface area (TPSA) is 54.4 Å². The van der Waals surface area contributed by atoms with Crippen molar-refractivity contribution in [3.63, 3.8) is 0 Å². The Labute approximate surface area is 164 Å². The summed E-state index contributed by atoms with van der Waals surface area (Å²) in [4.78, 5) is 4.60. The van der Waals surface area contributed by atoms with Gasteiger partial charge in [0.2, 0.25) is 6.79 Å². The lowest BCUT2D eigenvalue weighted by Gasteiger charge is -2.35. The van der Waals surface area contributed by atoms with Crippen LogP contribution in [0.25, 0.3) is 0 Å². The number of fused-ring (bicyclic) bond motifs is 1. The Kier molecular flexibility index (Phi) is 5.95. The van der Waals surface area contributed by atoms with Crippen molar-refractivity contribution in [1.82, 2.24) is 9.80 Å². The number of hydrogen-bond acceptors (Lipinski definition) is 6. The van der Waals surface area contributed by atoms with Gasteiger partial charge in [0.05, 0.1) is 0 Å². The van der Waals surface area contributed by atoms with Crippen molar-refractivity contribution in [2.45, 2.75) is 12.6 Å². The maximum atomic E-state index is 13.6. The number of para-hydroxylation sites is 1. The minimum atomic E-state index is -0.653. The molecule has 0 aliphatic carbocycles. The molecule has 7 heteroatoms. The van der Waals surface area contributed by atoms with Gasteiger partial charge in [-0.2, -0.15) is 0 Å². The quantitative estimate of drug-likeness (QED) is 0.784. The first-order valence-electron chi connectivity index (χ1n) is 9.56. The standard InChI is InChI=1S/C21H25FN2O4/c22-18-3-1-2-4-19(18)26-14-17(25)13-24-9-7-23(8-10-24)12-16-5-6-20-21(11-16)28-15-27-20/h1-6,11,17,25H,7-10,12-15H2/t17-/m0/s1. The van der Waals surface area contributed by atoms with Gasteiger partial charge < -0.3 is 19.3 Å². The monoisotopic (exact) mass is 388 g/mol. The number of β-amino-alcohol motifs (C(OH)–C–C–N with tert-alkyl or cyclic N) is 1. The third kappa shape index (κ3) is 4.73.